The van der Waals surface area contributed by atoms with Crippen molar-refractivity contribution in [3.63, 3.8) is 0 Å². The molecule has 10 heteroatoms. The summed E-state index contributed by atoms with van der Waals surface area (Å²) in [4.78, 5) is 7.01. The maximum Gasteiger partial charge on any atom is 0.213 e. The molecule has 0 radical (unpaired) electrons. The van der Waals surface area contributed by atoms with E-state index in [1.54, 1.807) is 11.2 Å². The van der Waals surface area contributed by atoms with Crippen molar-refractivity contribution in [1.82, 2.24) is 24.0 Å². The van der Waals surface area contributed by atoms with Crippen molar-refractivity contribution in [1.29, 1.82) is 0 Å². The molecule has 2 saturated heterocycles. The van der Waals surface area contributed by atoms with Crippen LogP contribution in [0.1, 0.15) is 32.3 Å². The third-order valence-electron chi connectivity index (χ3n) is 6.10. The van der Waals surface area contributed by atoms with Crippen molar-refractivity contribution >= 4 is 26.7 Å². The monoisotopic (exact) mass is 436 g/mol. The average molecular weight is 437 g/mol. The maximum atomic E-state index is 12.1. The van der Waals surface area contributed by atoms with Gasteiger partial charge < -0.3 is 10.1 Å². The number of ether oxygens (including phenoxy) is 1. The molecule has 0 atom stereocenters. The number of nitrogens with zero attached hydrogens (tertiary/aromatic N) is 5. The summed E-state index contributed by atoms with van der Waals surface area (Å²) in [5, 5.41) is 9.31. The van der Waals surface area contributed by atoms with Gasteiger partial charge in [0.05, 0.1) is 23.0 Å². The number of hydrogen-bond donors (Lipinski definition) is 1. The maximum absolute atomic E-state index is 12.1. The van der Waals surface area contributed by atoms with Crippen LogP contribution in [0.25, 0.3) is 11.0 Å². The Hall–Kier alpha value is -1.75. The van der Waals surface area contributed by atoms with E-state index < -0.39 is 10.0 Å². The standard InChI is InChI=1S/C20H32N6O3S/c1-3-26-20-18(14-22-26)19(23-17-5-11-29-12-6-17)16(13-21-20)15-24-7-9-25(10-8-24)30(27,28)4-2/h13-14,17H,3-12,15H2,1-2H3,(H,21,23). The van der Waals surface area contributed by atoms with Gasteiger partial charge in [0, 0.05) is 70.3 Å². The molecule has 2 fully saturated rings. The van der Waals surface area contributed by atoms with E-state index in [1.807, 2.05) is 17.1 Å². The Bertz CT molecular complexity index is 962. The largest absolute Gasteiger partial charge is 0.381 e. The highest BCUT2D eigenvalue weighted by Crippen LogP contribution is 2.29. The Morgan fingerprint density at radius 2 is 1.87 bits per heavy atom. The zero-order valence-electron chi connectivity index (χ0n) is 17.9. The second-order valence-corrected chi connectivity index (χ2v) is 10.2. The topological polar surface area (TPSA) is 92.6 Å². The number of aryl methyl sites for hydroxylation is 1. The van der Waals surface area contributed by atoms with E-state index in [1.165, 1.54) is 0 Å². The Balaban J connectivity index is 1.55. The molecule has 1 N–H and O–H groups in total. The molecule has 0 aromatic carbocycles. The molecular formula is C20H32N6O3S. The highest BCUT2D eigenvalue weighted by molar-refractivity contribution is 7.89. The fourth-order valence-electron chi connectivity index (χ4n) is 4.23. The number of sulfonamides is 1. The van der Waals surface area contributed by atoms with Gasteiger partial charge in [-0.05, 0) is 26.7 Å². The molecular weight excluding hydrogens is 404 g/mol. The van der Waals surface area contributed by atoms with Crippen LogP contribution in [0.2, 0.25) is 0 Å². The molecule has 2 aromatic heterocycles. The Morgan fingerprint density at radius 1 is 1.13 bits per heavy atom. The predicted octanol–water partition coefficient (Wildman–Crippen LogP) is 1.51. The van der Waals surface area contributed by atoms with Crippen LogP contribution in [0.5, 0.6) is 0 Å². The Labute approximate surface area is 178 Å². The zero-order chi connectivity index (χ0) is 21.1. The van der Waals surface area contributed by atoms with Gasteiger partial charge >= 0.3 is 0 Å². The number of anilines is 1. The molecule has 0 spiro atoms. The normalized spacial score (nSPS) is 20.1. The molecule has 2 aromatic rings. The highest BCUT2D eigenvalue weighted by atomic mass is 32.2. The summed E-state index contributed by atoms with van der Waals surface area (Å²) in [6, 6.07) is 0.375. The number of pyridine rings is 1. The Kier molecular flexibility index (Phi) is 6.57. The lowest BCUT2D eigenvalue weighted by Gasteiger charge is -2.34. The van der Waals surface area contributed by atoms with E-state index in [-0.39, 0.29) is 5.75 Å². The average Bonchev–Trinajstić information content (AvgIpc) is 3.20. The lowest BCUT2D eigenvalue weighted by Crippen LogP contribution is -2.48. The molecule has 0 bridgehead atoms. The predicted molar refractivity (Wildman–Crippen MR) is 117 cm³/mol. The van der Waals surface area contributed by atoms with Crippen LogP contribution in [0.4, 0.5) is 5.69 Å². The van der Waals surface area contributed by atoms with Crippen LogP contribution >= 0.6 is 0 Å². The lowest BCUT2D eigenvalue weighted by atomic mass is 10.1. The first-order chi connectivity index (χ1) is 14.5. The van der Waals surface area contributed by atoms with Crippen molar-refractivity contribution in [2.75, 3.05) is 50.5 Å². The smallest absolute Gasteiger partial charge is 0.213 e. The van der Waals surface area contributed by atoms with Crippen LogP contribution in [0.15, 0.2) is 12.4 Å². The molecule has 9 nitrogen and oxygen atoms in total. The fraction of sp³-hybridized carbons (Fsp3) is 0.700. The van der Waals surface area contributed by atoms with Gasteiger partial charge in [-0.25, -0.2) is 18.1 Å². The number of nitrogens with one attached hydrogen (secondary N) is 1. The van der Waals surface area contributed by atoms with Crippen LogP contribution in [-0.4, -0.2) is 83.6 Å². The first kappa shape index (κ1) is 21.5. The van der Waals surface area contributed by atoms with Gasteiger partial charge in [0.15, 0.2) is 5.65 Å². The molecule has 0 aliphatic carbocycles. The zero-order valence-corrected chi connectivity index (χ0v) is 18.7. The van der Waals surface area contributed by atoms with E-state index in [4.69, 9.17) is 9.72 Å². The third kappa shape index (κ3) is 4.46. The molecule has 4 rings (SSSR count). The number of aromatic nitrogens is 3. The first-order valence-corrected chi connectivity index (χ1v) is 12.5. The van der Waals surface area contributed by atoms with Crippen LogP contribution < -0.4 is 5.32 Å². The molecule has 4 heterocycles. The van der Waals surface area contributed by atoms with Gasteiger partial charge in [-0.15, -0.1) is 0 Å². The SMILES string of the molecule is CCn1ncc2c(NC3CCOCC3)c(CN3CCN(S(=O)(=O)CC)CC3)cnc21. The molecule has 30 heavy (non-hydrogen) atoms. The molecule has 166 valence electrons. The van der Waals surface area contributed by atoms with Crippen LogP contribution in [0.3, 0.4) is 0 Å². The van der Waals surface area contributed by atoms with Gasteiger partial charge in [-0.2, -0.15) is 9.40 Å². The third-order valence-corrected chi connectivity index (χ3v) is 7.98. The Morgan fingerprint density at radius 3 is 2.53 bits per heavy atom. The summed E-state index contributed by atoms with van der Waals surface area (Å²) in [5.74, 6) is 0.161. The number of fused-ring (bicyclic) bond motifs is 1. The molecule has 0 amide bonds. The lowest BCUT2D eigenvalue weighted by molar-refractivity contribution is 0.0904. The summed E-state index contributed by atoms with van der Waals surface area (Å²) in [7, 11) is -3.11. The summed E-state index contributed by atoms with van der Waals surface area (Å²) in [6.45, 7) is 9.39. The van der Waals surface area contributed by atoms with Crippen molar-refractivity contribution in [3.05, 3.63) is 18.0 Å². The minimum Gasteiger partial charge on any atom is -0.381 e. The van der Waals surface area contributed by atoms with E-state index in [0.717, 1.165) is 74.5 Å². The van der Waals surface area contributed by atoms with Gasteiger partial charge in [-0.1, -0.05) is 0 Å². The van der Waals surface area contributed by atoms with Crippen LogP contribution in [0, 0.1) is 0 Å². The molecule has 2 aliphatic heterocycles. The summed E-state index contributed by atoms with van der Waals surface area (Å²) in [5.41, 5.74) is 3.14. The first-order valence-electron chi connectivity index (χ1n) is 10.9. The molecule has 0 unspecified atom stereocenters. The van der Waals surface area contributed by atoms with E-state index >= 15 is 0 Å². The van der Waals surface area contributed by atoms with Gasteiger partial charge in [0.25, 0.3) is 0 Å². The highest BCUT2D eigenvalue weighted by Gasteiger charge is 2.26. The van der Waals surface area contributed by atoms with E-state index in [0.29, 0.717) is 19.1 Å². The number of hydrogen-bond acceptors (Lipinski definition) is 7. The van der Waals surface area contributed by atoms with E-state index in [2.05, 4.69) is 22.2 Å². The van der Waals surface area contributed by atoms with Crippen LogP contribution in [-0.2, 0) is 27.8 Å². The van der Waals surface area contributed by atoms with Gasteiger partial charge in [0.1, 0.15) is 0 Å². The fourth-order valence-corrected chi connectivity index (χ4v) is 5.31. The van der Waals surface area contributed by atoms with Gasteiger partial charge in [0.2, 0.25) is 10.0 Å². The second kappa shape index (κ2) is 9.17. The van der Waals surface area contributed by atoms with Crippen molar-refractivity contribution < 1.29 is 13.2 Å². The van der Waals surface area contributed by atoms with Crippen molar-refractivity contribution in [3.8, 4) is 0 Å². The van der Waals surface area contributed by atoms with Gasteiger partial charge in [-0.3, -0.25) is 4.90 Å². The minimum atomic E-state index is -3.11. The minimum absolute atomic E-state index is 0.161. The molecule has 2 aliphatic rings. The van der Waals surface area contributed by atoms with Crippen molar-refractivity contribution in [2.24, 2.45) is 0 Å². The molecule has 0 saturated carbocycles. The summed E-state index contributed by atoms with van der Waals surface area (Å²) < 4.78 is 33.3. The number of piperazine rings is 1. The van der Waals surface area contributed by atoms with E-state index in [9.17, 15) is 8.42 Å². The quantitative estimate of drug-likeness (QED) is 0.703. The second-order valence-electron chi connectivity index (χ2n) is 7.96. The summed E-state index contributed by atoms with van der Waals surface area (Å²) >= 11 is 0. The van der Waals surface area contributed by atoms with Crippen molar-refractivity contribution in [2.45, 2.75) is 45.8 Å². The number of rotatable bonds is 7. The summed E-state index contributed by atoms with van der Waals surface area (Å²) in [6.07, 6.45) is 5.83.